The molecule has 3 rings (SSSR count). The number of carboxylic acid groups (broad SMARTS) is 1. The quantitative estimate of drug-likeness (QED) is 0.0608. The molecule has 0 saturated carbocycles. The Hall–Kier alpha value is -7.10. The summed E-state index contributed by atoms with van der Waals surface area (Å²) in [5.74, 6) is -9.52. The molecule has 5 N–H and O–H groups in total. The molecule has 360 valence electrons. The Bertz CT molecular complexity index is 2230. The number of ether oxygens (including phenoxy) is 6. The molecular weight excluding hydrogens is 871 g/mol. The molecule has 2 aromatic rings. The van der Waals surface area contributed by atoms with Crippen LogP contribution in [-0.4, -0.2) is 137 Å². The van der Waals surface area contributed by atoms with Gasteiger partial charge in [0.1, 0.15) is 0 Å². The van der Waals surface area contributed by atoms with Gasteiger partial charge in [0.2, 0.25) is 5.91 Å². The van der Waals surface area contributed by atoms with Crippen LogP contribution in [0.2, 0.25) is 0 Å². The highest BCUT2D eigenvalue weighted by Gasteiger charge is 2.33. The molecule has 6 atom stereocenters. The number of carbonyl (C=O) groups is 10. The molecule has 6 unspecified atom stereocenters. The van der Waals surface area contributed by atoms with Crippen molar-refractivity contribution in [1.82, 2.24) is 15.2 Å². The van der Waals surface area contributed by atoms with E-state index in [0.29, 0.717) is 58.1 Å². The first-order chi connectivity index (χ1) is 31.0. The van der Waals surface area contributed by atoms with Crippen LogP contribution in [0.4, 0.5) is 11.4 Å². The van der Waals surface area contributed by atoms with Gasteiger partial charge in [-0.2, -0.15) is 0 Å². The van der Waals surface area contributed by atoms with E-state index >= 15 is 0 Å². The van der Waals surface area contributed by atoms with Crippen molar-refractivity contribution in [3.8, 4) is 0 Å². The molecule has 66 heavy (non-hydrogen) atoms. The van der Waals surface area contributed by atoms with Crippen LogP contribution in [0.25, 0.3) is 11.6 Å². The molecule has 3 amide bonds. The molecule has 2 heterocycles. The number of fused-ring (bicyclic) bond motifs is 1. The second kappa shape index (κ2) is 24.3. The number of aromatic nitrogens is 1. The lowest BCUT2D eigenvalue weighted by Gasteiger charge is -2.20. The fourth-order valence-corrected chi connectivity index (χ4v) is 6.10. The fraction of sp³-hybridized carbons (Fsp3) is 0.500. The summed E-state index contributed by atoms with van der Waals surface area (Å²) in [6.07, 6.45) is -8.59. The Labute approximate surface area is 380 Å². The number of aliphatic carboxylic acids is 1. The van der Waals surface area contributed by atoms with Gasteiger partial charge in [-0.1, -0.05) is 13.8 Å². The maximum absolute atomic E-state index is 13.1. The molecule has 0 saturated heterocycles. The smallest absolute Gasteiger partial charge is 0.347 e. The van der Waals surface area contributed by atoms with E-state index in [9.17, 15) is 47.9 Å². The summed E-state index contributed by atoms with van der Waals surface area (Å²) in [6.45, 7) is 17.2. The Kier molecular flexibility index (Phi) is 19.6. The standard InChI is InChI=1S/C44H57N5O17/c1-11-49(12-2)18-17-45-38(53)36-21(3)33(46-22(36)4)20-31-30-19-29(13-14-32(30)48-37(31)52)47-34(50)15-16-35(51)61-24(6)40(56)63-26(8)42(58)65-28(10)44(60)66-27(9)43(59)64-25(7)41(57)62-23(5)39(54)55/h13-14,19-20,23-28,46H,11-12,15-18H2,1-10H3,(H,45,53)(H,47,50)(H,48,52)(H,54,55)/b31-20-. The third-order valence-corrected chi connectivity index (χ3v) is 10.0. The van der Waals surface area contributed by atoms with Crippen molar-refractivity contribution in [3.63, 3.8) is 0 Å². The topological polar surface area (TPSA) is 301 Å². The van der Waals surface area contributed by atoms with Gasteiger partial charge in [-0.15, -0.1) is 0 Å². The zero-order valence-electron chi connectivity index (χ0n) is 38.4. The predicted octanol–water partition coefficient (Wildman–Crippen LogP) is 2.59. The van der Waals surface area contributed by atoms with Crippen molar-refractivity contribution < 1.29 is 81.5 Å². The summed E-state index contributed by atoms with van der Waals surface area (Å²) < 4.78 is 29.4. The summed E-state index contributed by atoms with van der Waals surface area (Å²) in [6, 6.07) is 4.76. The number of anilines is 2. The van der Waals surface area contributed by atoms with Crippen LogP contribution in [0, 0.1) is 13.8 Å². The number of hydrogen-bond acceptors (Lipinski definition) is 17. The van der Waals surface area contributed by atoms with Crippen molar-refractivity contribution in [2.75, 3.05) is 36.8 Å². The van der Waals surface area contributed by atoms with Gasteiger partial charge < -0.3 is 59.4 Å². The highest BCUT2D eigenvalue weighted by Crippen LogP contribution is 2.36. The van der Waals surface area contributed by atoms with Crippen molar-refractivity contribution in [2.24, 2.45) is 0 Å². The highest BCUT2D eigenvalue weighted by atomic mass is 16.6. The SMILES string of the molecule is CCN(CC)CCNC(=O)c1c(C)[nH]c(/C=C2\C(=O)Nc3ccc(NC(=O)CCC(=O)OC(C)C(=O)OC(C)C(=O)OC(C)C(=O)OC(C)C(=O)OC(C)C(=O)OC(C)C(=O)O)cc32)c1C. The summed E-state index contributed by atoms with van der Waals surface area (Å²) >= 11 is 0. The second-order valence-corrected chi connectivity index (χ2v) is 15.1. The average molecular weight is 928 g/mol. The van der Waals surface area contributed by atoms with Crippen LogP contribution in [0.1, 0.15) is 101 Å². The molecule has 0 radical (unpaired) electrons. The highest BCUT2D eigenvalue weighted by molar-refractivity contribution is 6.35. The maximum Gasteiger partial charge on any atom is 0.347 e. The number of aryl methyl sites for hydroxylation is 1. The van der Waals surface area contributed by atoms with Gasteiger partial charge >= 0.3 is 41.8 Å². The van der Waals surface area contributed by atoms with Crippen molar-refractivity contribution >= 4 is 82.5 Å². The Morgan fingerprint density at radius 3 is 1.68 bits per heavy atom. The minimum Gasteiger partial charge on any atom is -0.479 e. The average Bonchev–Trinajstić information content (AvgIpc) is 3.72. The summed E-state index contributed by atoms with van der Waals surface area (Å²) in [4.78, 5) is 130. The van der Waals surface area contributed by atoms with Crippen LogP contribution in [0.15, 0.2) is 18.2 Å². The second-order valence-electron chi connectivity index (χ2n) is 15.1. The number of amides is 3. The molecular formula is C44H57N5O17. The molecule has 22 heteroatoms. The first-order valence-electron chi connectivity index (χ1n) is 21.1. The number of hydrogen-bond donors (Lipinski definition) is 5. The Balaban J connectivity index is 1.48. The minimum atomic E-state index is -1.62. The van der Waals surface area contributed by atoms with Gasteiger partial charge in [-0.05, 0) is 98.3 Å². The number of aromatic amines is 1. The van der Waals surface area contributed by atoms with Crippen LogP contribution >= 0.6 is 0 Å². The normalized spacial score (nSPS) is 15.1. The Morgan fingerprint density at radius 1 is 0.712 bits per heavy atom. The van der Waals surface area contributed by atoms with Gasteiger partial charge in [0.15, 0.2) is 36.6 Å². The number of esters is 6. The molecule has 22 nitrogen and oxygen atoms in total. The zero-order chi connectivity index (χ0) is 49.6. The van der Waals surface area contributed by atoms with E-state index in [1.807, 2.05) is 0 Å². The first-order valence-corrected chi connectivity index (χ1v) is 21.1. The lowest BCUT2D eigenvalue weighted by Crippen LogP contribution is -2.39. The van der Waals surface area contributed by atoms with E-state index in [1.54, 1.807) is 38.1 Å². The maximum atomic E-state index is 13.1. The molecule has 0 fully saturated rings. The summed E-state index contributed by atoms with van der Waals surface area (Å²) in [5.41, 5.74) is 3.94. The molecule has 1 aromatic heterocycles. The van der Waals surface area contributed by atoms with Gasteiger partial charge in [-0.25, -0.2) is 28.8 Å². The number of likely N-dealkylation sites (N-methyl/N-ethyl adjacent to an activating group) is 1. The monoisotopic (exact) mass is 927 g/mol. The lowest BCUT2D eigenvalue weighted by atomic mass is 10.0. The van der Waals surface area contributed by atoms with Crippen molar-refractivity contribution in [3.05, 3.63) is 46.3 Å². The number of carboxylic acids is 1. The van der Waals surface area contributed by atoms with Gasteiger partial charge in [0.25, 0.3) is 11.8 Å². The van der Waals surface area contributed by atoms with E-state index in [0.717, 1.165) is 54.6 Å². The van der Waals surface area contributed by atoms with Gasteiger partial charge in [0.05, 0.1) is 17.6 Å². The van der Waals surface area contributed by atoms with Gasteiger partial charge in [0, 0.05) is 47.8 Å². The van der Waals surface area contributed by atoms with Crippen LogP contribution in [0.5, 0.6) is 0 Å². The van der Waals surface area contributed by atoms with E-state index < -0.39 is 90.7 Å². The van der Waals surface area contributed by atoms with E-state index in [4.69, 9.17) is 28.8 Å². The van der Waals surface area contributed by atoms with Gasteiger partial charge in [-0.3, -0.25) is 19.2 Å². The third kappa shape index (κ3) is 15.0. The van der Waals surface area contributed by atoms with E-state index in [2.05, 4.69) is 44.4 Å². The van der Waals surface area contributed by atoms with Crippen molar-refractivity contribution in [2.45, 2.75) is 119 Å². The summed E-state index contributed by atoms with van der Waals surface area (Å²) in [7, 11) is 0. The third-order valence-electron chi connectivity index (χ3n) is 10.0. The molecule has 1 aromatic carbocycles. The first kappa shape index (κ1) is 53.2. The number of nitrogens with one attached hydrogen (secondary N) is 4. The largest absolute Gasteiger partial charge is 0.479 e. The fourth-order valence-electron chi connectivity index (χ4n) is 6.10. The van der Waals surface area contributed by atoms with Crippen molar-refractivity contribution in [1.29, 1.82) is 0 Å². The number of carbonyl (C=O) groups excluding carboxylic acids is 9. The van der Waals surface area contributed by atoms with Crippen LogP contribution in [-0.2, 0) is 71.6 Å². The lowest BCUT2D eigenvalue weighted by molar-refractivity contribution is -0.187. The zero-order valence-corrected chi connectivity index (χ0v) is 38.4. The molecule has 1 aliphatic rings. The minimum absolute atomic E-state index is 0.232. The van der Waals surface area contributed by atoms with Crippen LogP contribution in [0.3, 0.4) is 0 Å². The number of benzene rings is 1. The molecule has 0 aliphatic carbocycles. The summed E-state index contributed by atoms with van der Waals surface area (Å²) in [5, 5.41) is 17.3. The predicted molar refractivity (Wildman–Crippen MR) is 232 cm³/mol. The van der Waals surface area contributed by atoms with E-state index in [-0.39, 0.29) is 18.2 Å². The molecule has 0 bridgehead atoms. The van der Waals surface area contributed by atoms with Crippen LogP contribution < -0.4 is 16.0 Å². The number of rotatable bonds is 23. The molecule has 0 spiro atoms. The Morgan fingerprint density at radius 2 is 1.20 bits per heavy atom. The number of H-pyrrole nitrogens is 1. The number of nitrogens with zero attached hydrogens (tertiary/aromatic N) is 1. The van der Waals surface area contributed by atoms with E-state index in [1.165, 1.54) is 0 Å². The molecule has 1 aliphatic heterocycles.